The number of methoxy groups -OCH3 is 1. The summed E-state index contributed by atoms with van der Waals surface area (Å²) < 4.78 is 4.79. The Morgan fingerprint density at radius 1 is 1.35 bits per heavy atom. The molecule has 0 bridgehead atoms. The monoisotopic (exact) mass is 285 g/mol. The fraction of sp³-hybridized carbons (Fsp3) is 0.300. The first-order valence-electron chi connectivity index (χ1n) is 5.23. The van der Waals surface area contributed by atoms with Crippen molar-refractivity contribution in [3.8, 4) is 5.88 Å². The van der Waals surface area contributed by atoms with Crippen molar-refractivity contribution in [1.29, 1.82) is 0 Å². The van der Waals surface area contributed by atoms with Gasteiger partial charge in [0.2, 0.25) is 11.7 Å². The Balaban J connectivity index is 3.30. The Morgan fingerprint density at radius 3 is 2.30 bits per heavy atom. The maximum atomic E-state index is 10.9. The molecule has 0 fully saturated rings. The van der Waals surface area contributed by atoms with E-state index in [0.717, 1.165) is 11.0 Å². The van der Waals surface area contributed by atoms with Crippen molar-refractivity contribution in [3.05, 3.63) is 22.2 Å². The van der Waals surface area contributed by atoms with Crippen molar-refractivity contribution in [3.63, 3.8) is 0 Å². The number of hydrogen-bond acceptors (Lipinski definition) is 7. The van der Waals surface area contributed by atoms with Crippen molar-refractivity contribution in [2.45, 2.75) is 0 Å². The van der Waals surface area contributed by atoms with E-state index in [1.54, 1.807) is 0 Å². The lowest BCUT2D eigenvalue weighted by Crippen LogP contribution is -2.35. The van der Waals surface area contributed by atoms with Crippen molar-refractivity contribution in [2.24, 2.45) is 0 Å². The standard InChI is InChI=1S/C10H11N3O7/c1-20-7-3-2-6(13(18)19)10(11-7)12(4-8(14)15)5-9(16)17/h2-3H,4-5H2,1H3,(H,14,15)(H,16,17). The molecular weight excluding hydrogens is 274 g/mol. The molecule has 0 saturated heterocycles. The number of pyridine rings is 1. The Labute approximate surface area is 112 Å². The molecular formula is C10H11N3O7. The second-order valence-corrected chi connectivity index (χ2v) is 3.60. The van der Waals surface area contributed by atoms with Gasteiger partial charge in [-0.15, -0.1) is 0 Å². The summed E-state index contributed by atoms with van der Waals surface area (Å²) >= 11 is 0. The third-order valence-corrected chi connectivity index (χ3v) is 2.19. The van der Waals surface area contributed by atoms with Crippen LogP contribution in [0.25, 0.3) is 0 Å². The SMILES string of the molecule is COc1ccc([N+](=O)[O-])c(N(CC(=O)O)CC(=O)O)n1. The molecule has 0 unspecified atom stereocenters. The molecule has 0 saturated carbocycles. The highest BCUT2D eigenvalue weighted by Gasteiger charge is 2.25. The molecule has 2 N–H and O–H groups in total. The van der Waals surface area contributed by atoms with Gasteiger partial charge in [-0.1, -0.05) is 0 Å². The molecule has 1 aromatic rings. The number of carbonyl (C=O) groups is 2. The zero-order valence-corrected chi connectivity index (χ0v) is 10.3. The first-order chi connectivity index (χ1) is 9.35. The molecule has 0 aliphatic rings. The smallest absolute Gasteiger partial charge is 0.323 e. The largest absolute Gasteiger partial charge is 0.481 e. The summed E-state index contributed by atoms with van der Waals surface area (Å²) in [6.45, 7) is -1.49. The van der Waals surface area contributed by atoms with E-state index in [-0.39, 0.29) is 11.7 Å². The summed E-state index contributed by atoms with van der Waals surface area (Å²) in [5, 5.41) is 28.4. The molecule has 0 spiro atoms. The van der Waals surface area contributed by atoms with Gasteiger partial charge in [0.1, 0.15) is 13.1 Å². The lowest BCUT2D eigenvalue weighted by Gasteiger charge is -2.19. The molecule has 0 radical (unpaired) electrons. The number of nitro groups is 1. The van der Waals surface area contributed by atoms with Crippen LogP contribution in [0.15, 0.2) is 12.1 Å². The molecule has 1 rings (SSSR count). The Bertz CT molecular complexity index is 530. The first kappa shape index (κ1) is 15.1. The summed E-state index contributed by atoms with van der Waals surface area (Å²) in [6.07, 6.45) is 0. The third kappa shape index (κ3) is 3.80. The van der Waals surface area contributed by atoms with Gasteiger partial charge in [0, 0.05) is 12.1 Å². The second-order valence-electron chi connectivity index (χ2n) is 3.60. The second kappa shape index (κ2) is 6.31. The number of hydrogen-bond donors (Lipinski definition) is 2. The fourth-order valence-corrected chi connectivity index (χ4v) is 1.44. The van der Waals surface area contributed by atoms with Gasteiger partial charge < -0.3 is 19.8 Å². The molecule has 0 aromatic carbocycles. The molecule has 1 aromatic heterocycles. The van der Waals surface area contributed by atoms with Crippen LogP contribution in [0.4, 0.5) is 11.5 Å². The van der Waals surface area contributed by atoms with E-state index in [9.17, 15) is 19.7 Å². The molecule has 0 aliphatic carbocycles. The lowest BCUT2D eigenvalue weighted by atomic mass is 10.3. The summed E-state index contributed by atoms with van der Waals surface area (Å²) in [4.78, 5) is 36.1. The topological polar surface area (TPSA) is 143 Å². The van der Waals surface area contributed by atoms with Crippen LogP contribution in [-0.2, 0) is 9.59 Å². The quantitative estimate of drug-likeness (QED) is 0.521. The summed E-state index contributed by atoms with van der Waals surface area (Å²) in [5.41, 5.74) is -0.506. The van der Waals surface area contributed by atoms with Crippen LogP contribution in [-0.4, -0.2) is 52.3 Å². The van der Waals surface area contributed by atoms with Crippen LogP contribution in [0.5, 0.6) is 5.88 Å². The fourth-order valence-electron chi connectivity index (χ4n) is 1.44. The zero-order chi connectivity index (χ0) is 15.3. The van der Waals surface area contributed by atoms with Crippen molar-refractivity contribution >= 4 is 23.4 Å². The number of nitrogens with zero attached hydrogens (tertiary/aromatic N) is 3. The number of ether oxygens (including phenoxy) is 1. The van der Waals surface area contributed by atoms with Gasteiger partial charge in [-0.2, -0.15) is 4.98 Å². The number of rotatable bonds is 7. The van der Waals surface area contributed by atoms with E-state index >= 15 is 0 Å². The van der Waals surface area contributed by atoms with E-state index < -0.39 is 35.6 Å². The summed E-state index contributed by atoms with van der Waals surface area (Å²) in [7, 11) is 1.27. The highest BCUT2D eigenvalue weighted by atomic mass is 16.6. The van der Waals surface area contributed by atoms with Crippen LogP contribution in [0.1, 0.15) is 0 Å². The average molecular weight is 285 g/mol. The van der Waals surface area contributed by atoms with Crippen molar-refractivity contribution in [1.82, 2.24) is 4.98 Å². The molecule has 0 amide bonds. The number of anilines is 1. The minimum atomic E-state index is -1.34. The maximum Gasteiger partial charge on any atom is 0.323 e. The number of carboxylic acids is 2. The number of carboxylic acid groups (broad SMARTS) is 2. The Kier molecular flexibility index (Phi) is 4.78. The van der Waals surface area contributed by atoms with Crippen molar-refractivity contribution < 1.29 is 29.5 Å². The lowest BCUT2D eigenvalue weighted by molar-refractivity contribution is -0.384. The van der Waals surface area contributed by atoms with Gasteiger partial charge >= 0.3 is 17.6 Å². The van der Waals surface area contributed by atoms with E-state index in [1.807, 2.05) is 0 Å². The van der Waals surface area contributed by atoms with Crippen LogP contribution in [0, 0.1) is 10.1 Å². The molecule has 108 valence electrons. The van der Waals surface area contributed by atoms with Gasteiger partial charge in [-0.25, -0.2) is 0 Å². The minimum absolute atomic E-state index is 0.00591. The first-order valence-corrected chi connectivity index (χ1v) is 5.23. The van der Waals surface area contributed by atoms with Crippen LogP contribution in [0.2, 0.25) is 0 Å². The van der Waals surface area contributed by atoms with Crippen LogP contribution >= 0.6 is 0 Å². The van der Waals surface area contributed by atoms with E-state index in [1.165, 1.54) is 13.2 Å². The molecule has 0 aliphatic heterocycles. The number of aromatic nitrogens is 1. The Morgan fingerprint density at radius 2 is 1.90 bits per heavy atom. The molecule has 10 heteroatoms. The van der Waals surface area contributed by atoms with Crippen molar-refractivity contribution in [2.75, 3.05) is 25.1 Å². The van der Waals surface area contributed by atoms with Gasteiger partial charge in [-0.05, 0) is 0 Å². The minimum Gasteiger partial charge on any atom is -0.481 e. The van der Waals surface area contributed by atoms with Crippen LogP contribution < -0.4 is 9.64 Å². The zero-order valence-electron chi connectivity index (χ0n) is 10.3. The molecule has 10 nitrogen and oxygen atoms in total. The van der Waals surface area contributed by atoms with Gasteiger partial charge in [0.25, 0.3) is 0 Å². The third-order valence-electron chi connectivity index (χ3n) is 2.19. The van der Waals surface area contributed by atoms with Gasteiger partial charge in [0.05, 0.1) is 12.0 Å². The molecule has 0 atom stereocenters. The van der Waals surface area contributed by atoms with E-state index in [2.05, 4.69) is 4.98 Å². The van der Waals surface area contributed by atoms with Gasteiger partial charge in [-0.3, -0.25) is 19.7 Å². The van der Waals surface area contributed by atoms with Gasteiger partial charge in [0.15, 0.2) is 0 Å². The normalized spacial score (nSPS) is 9.85. The summed E-state index contributed by atoms with van der Waals surface area (Å²) in [5.74, 6) is -3.05. The van der Waals surface area contributed by atoms with Crippen LogP contribution in [0.3, 0.4) is 0 Å². The predicted octanol–water partition coefficient (Wildman–Crippen LogP) is -0.0260. The highest BCUT2D eigenvalue weighted by molar-refractivity contribution is 5.80. The predicted molar refractivity (Wildman–Crippen MR) is 64.9 cm³/mol. The Hall–Kier alpha value is -2.91. The summed E-state index contributed by atoms with van der Waals surface area (Å²) in [6, 6.07) is 2.29. The van der Waals surface area contributed by atoms with E-state index in [0.29, 0.717) is 0 Å². The number of aliphatic carboxylic acids is 2. The van der Waals surface area contributed by atoms with E-state index in [4.69, 9.17) is 14.9 Å². The average Bonchev–Trinajstić information content (AvgIpc) is 2.36. The molecule has 1 heterocycles. The maximum absolute atomic E-state index is 10.9. The highest BCUT2D eigenvalue weighted by Crippen LogP contribution is 2.28. The molecule has 20 heavy (non-hydrogen) atoms.